The maximum absolute atomic E-state index is 5.41. The number of pyridine rings is 1. The van der Waals surface area contributed by atoms with Gasteiger partial charge in [-0.1, -0.05) is 18.1 Å². The minimum absolute atomic E-state index is 0.719. The predicted molar refractivity (Wildman–Crippen MR) is 89.9 cm³/mol. The lowest BCUT2D eigenvalue weighted by Gasteiger charge is -2.25. The molecule has 1 fully saturated rings. The molecule has 3 heterocycles. The van der Waals surface area contributed by atoms with Gasteiger partial charge in [-0.2, -0.15) is 0 Å². The standard InChI is InChI=1S/C18H26N4O/c1-3-18-17(14(2)23-21-18)13-22(12-16-6-8-20-10-16)11-15-5-4-7-19-9-15/h4-5,7,9,16,20H,3,6,8,10-13H2,1-2H3/t16-/m0/s1. The summed E-state index contributed by atoms with van der Waals surface area (Å²) in [5, 5.41) is 7.66. The molecule has 23 heavy (non-hydrogen) atoms. The molecule has 0 saturated carbocycles. The monoisotopic (exact) mass is 314 g/mol. The molecule has 2 aromatic rings. The second kappa shape index (κ2) is 7.70. The molecule has 1 atom stereocenters. The fourth-order valence-corrected chi connectivity index (χ4v) is 3.31. The smallest absolute Gasteiger partial charge is 0.138 e. The van der Waals surface area contributed by atoms with Crippen molar-refractivity contribution in [2.75, 3.05) is 19.6 Å². The molecule has 0 amide bonds. The summed E-state index contributed by atoms with van der Waals surface area (Å²) < 4.78 is 5.41. The molecule has 0 unspecified atom stereocenters. The number of rotatable bonds is 7. The van der Waals surface area contributed by atoms with Crippen LogP contribution in [-0.2, 0) is 19.5 Å². The number of nitrogens with one attached hydrogen (secondary N) is 1. The summed E-state index contributed by atoms with van der Waals surface area (Å²) in [6.45, 7) is 9.30. The van der Waals surface area contributed by atoms with Gasteiger partial charge in [0, 0.05) is 37.6 Å². The quantitative estimate of drug-likeness (QED) is 0.851. The van der Waals surface area contributed by atoms with Crippen LogP contribution in [0.15, 0.2) is 29.0 Å². The van der Waals surface area contributed by atoms with E-state index >= 15 is 0 Å². The zero-order valence-electron chi connectivity index (χ0n) is 14.1. The molecule has 2 aromatic heterocycles. The highest BCUT2D eigenvalue weighted by Crippen LogP contribution is 2.20. The third-order valence-corrected chi connectivity index (χ3v) is 4.59. The Hall–Kier alpha value is -1.72. The van der Waals surface area contributed by atoms with E-state index in [1.165, 1.54) is 17.5 Å². The lowest BCUT2D eigenvalue weighted by Crippen LogP contribution is -2.30. The topological polar surface area (TPSA) is 54.2 Å². The molecule has 3 rings (SSSR count). The zero-order chi connectivity index (χ0) is 16.1. The molecule has 124 valence electrons. The molecule has 1 aliphatic rings. The van der Waals surface area contributed by atoms with Crippen LogP contribution in [0, 0.1) is 12.8 Å². The van der Waals surface area contributed by atoms with Gasteiger partial charge in [-0.05, 0) is 50.4 Å². The molecule has 0 aromatic carbocycles. The van der Waals surface area contributed by atoms with Gasteiger partial charge in [-0.15, -0.1) is 0 Å². The van der Waals surface area contributed by atoms with Gasteiger partial charge in [-0.3, -0.25) is 9.88 Å². The summed E-state index contributed by atoms with van der Waals surface area (Å²) in [6.07, 6.45) is 5.96. The van der Waals surface area contributed by atoms with Crippen LogP contribution < -0.4 is 5.32 Å². The Morgan fingerprint density at radius 1 is 1.39 bits per heavy atom. The van der Waals surface area contributed by atoms with Gasteiger partial charge in [0.2, 0.25) is 0 Å². The predicted octanol–water partition coefficient (Wildman–Crippen LogP) is 2.55. The van der Waals surface area contributed by atoms with Crippen molar-refractivity contribution in [1.29, 1.82) is 0 Å². The molecule has 1 aliphatic heterocycles. The molecule has 0 aliphatic carbocycles. The van der Waals surface area contributed by atoms with Crippen molar-refractivity contribution in [2.45, 2.75) is 39.8 Å². The van der Waals surface area contributed by atoms with E-state index in [-0.39, 0.29) is 0 Å². The van der Waals surface area contributed by atoms with Crippen molar-refractivity contribution in [3.05, 3.63) is 47.1 Å². The van der Waals surface area contributed by atoms with Crippen molar-refractivity contribution in [2.24, 2.45) is 5.92 Å². The fraction of sp³-hybridized carbons (Fsp3) is 0.556. The lowest BCUT2D eigenvalue weighted by molar-refractivity contribution is 0.219. The van der Waals surface area contributed by atoms with Gasteiger partial charge in [0.25, 0.3) is 0 Å². The highest BCUT2D eigenvalue weighted by molar-refractivity contribution is 5.22. The highest BCUT2D eigenvalue weighted by atomic mass is 16.5. The molecule has 1 N–H and O–H groups in total. The Bertz CT molecular complexity index is 605. The van der Waals surface area contributed by atoms with Crippen LogP contribution in [0.25, 0.3) is 0 Å². The summed E-state index contributed by atoms with van der Waals surface area (Å²) in [7, 11) is 0. The Labute approximate surface area is 138 Å². The Morgan fingerprint density at radius 3 is 3.00 bits per heavy atom. The molecule has 5 heteroatoms. The normalized spacial score (nSPS) is 18.0. The van der Waals surface area contributed by atoms with Crippen LogP contribution >= 0.6 is 0 Å². The third kappa shape index (κ3) is 4.18. The fourth-order valence-electron chi connectivity index (χ4n) is 3.31. The van der Waals surface area contributed by atoms with Crippen LogP contribution in [0.1, 0.15) is 35.9 Å². The minimum atomic E-state index is 0.719. The summed E-state index contributed by atoms with van der Waals surface area (Å²) >= 11 is 0. The maximum Gasteiger partial charge on any atom is 0.138 e. The number of hydrogen-bond donors (Lipinski definition) is 1. The first-order valence-electron chi connectivity index (χ1n) is 8.52. The van der Waals surface area contributed by atoms with E-state index in [1.807, 2.05) is 25.4 Å². The first-order valence-corrected chi connectivity index (χ1v) is 8.52. The van der Waals surface area contributed by atoms with Crippen molar-refractivity contribution in [3.8, 4) is 0 Å². The molecule has 1 saturated heterocycles. The second-order valence-electron chi connectivity index (χ2n) is 6.41. The van der Waals surface area contributed by atoms with Gasteiger partial charge in [-0.25, -0.2) is 0 Å². The van der Waals surface area contributed by atoms with Crippen molar-refractivity contribution in [1.82, 2.24) is 20.4 Å². The van der Waals surface area contributed by atoms with Crippen LogP contribution in [0.2, 0.25) is 0 Å². The summed E-state index contributed by atoms with van der Waals surface area (Å²) in [4.78, 5) is 6.76. The van der Waals surface area contributed by atoms with Gasteiger partial charge >= 0.3 is 0 Å². The number of hydrogen-bond acceptors (Lipinski definition) is 5. The summed E-state index contributed by atoms with van der Waals surface area (Å²) in [5.74, 6) is 1.67. The number of aromatic nitrogens is 2. The molecule has 0 radical (unpaired) electrons. The van der Waals surface area contributed by atoms with Crippen LogP contribution in [0.3, 0.4) is 0 Å². The summed E-state index contributed by atoms with van der Waals surface area (Å²) in [5.41, 5.74) is 3.59. The Morgan fingerprint density at radius 2 is 2.30 bits per heavy atom. The SMILES string of the molecule is CCc1noc(C)c1CN(Cc1cccnc1)C[C@H]1CCNC1. The summed E-state index contributed by atoms with van der Waals surface area (Å²) in [6, 6.07) is 4.15. The number of aryl methyl sites for hydroxylation is 2. The van der Waals surface area contributed by atoms with E-state index < -0.39 is 0 Å². The third-order valence-electron chi connectivity index (χ3n) is 4.59. The van der Waals surface area contributed by atoms with Crippen LogP contribution in [0.5, 0.6) is 0 Å². The second-order valence-corrected chi connectivity index (χ2v) is 6.41. The van der Waals surface area contributed by atoms with E-state index in [2.05, 4.69) is 33.3 Å². The van der Waals surface area contributed by atoms with Crippen molar-refractivity contribution < 1.29 is 4.52 Å². The molecule has 0 spiro atoms. The number of nitrogens with zero attached hydrogens (tertiary/aromatic N) is 3. The Balaban J connectivity index is 1.74. The van der Waals surface area contributed by atoms with E-state index in [9.17, 15) is 0 Å². The van der Waals surface area contributed by atoms with E-state index in [0.717, 1.165) is 56.5 Å². The highest BCUT2D eigenvalue weighted by Gasteiger charge is 2.21. The average molecular weight is 314 g/mol. The molecule has 0 bridgehead atoms. The van der Waals surface area contributed by atoms with Crippen LogP contribution in [-0.4, -0.2) is 34.7 Å². The zero-order valence-corrected chi connectivity index (χ0v) is 14.1. The maximum atomic E-state index is 5.41. The molecular formula is C18H26N4O. The Kier molecular flexibility index (Phi) is 5.41. The van der Waals surface area contributed by atoms with Gasteiger partial charge in [0.1, 0.15) is 5.76 Å². The molecule has 5 nitrogen and oxygen atoms in total. The van der Waals surface area contributed by atoms with E-state index in [4.69, 9.17) is 4.52 Å². The lowest BCUT2D eigenvalue weighted by atomic mass is 10.1. The van der Waals surface area contributed by atoms with Crippen molar-refractivity contribution in [3.63, 3.8) is 0 Å². The van der Waals surface area contributed by atoms with Crippen LogP contribution in [0.4, 0.5) is 0 Å². The first kappa shape index (κ1) is 16.1. The van der Waals surface area contributed by atoms with Gasteiger partial charge in [0.05, 0.1) is 5.69 Å². The average Bonchev–Trinajstić information content (AvgIpc) is 3.19. The first-order chi connectivity index (χ1) is 11.3. The van der Waals surface area contributed by atoms with Gasteiger partial charge in [0.15, 0.2) is 0 Å². The van der Waals surface area contributed by atoms with E-state index in [1.54, 1.807) is 0 Å². The van der Waals surface area contributed by atoms with E-state index in [0.29, 0.717) is 0 Å². The van der Waals surface area contributed by atoms with Gasteiger partial charge < -0.3 is 9.84 Å². The largest absolute Gasteiger partial charge is 0.361 e. The van der Waals surface area contributed by atoms with Crippen molar-refractivity contribution >= 4 is 0 Å². The molecular weight excluding hydrogens is 288 g/mol. The minimum Gasteiger partial charge on any atom is -0.361 e.